The van der Waals surface area contributed by atoms with Crippen molar-refractivity contribution in [3.63, 3.8) is 0 Å². The van der Waals surface area contributed by atoms with Gasteiger partial charge in [0.2, 0.25) is 15.9 Å². The van der Waals surface area contributed by atoms with E-state index in [1.54, 1.807) is 31.2 Å². The van der Waals surface area contributed by atoms with E-state index in [9.17, 15) is 22.4 Å². The van der Waals surface area contributed by atoms with Crippen LogP contribution in [0, 0.1) is 12.7 Å². The molecule has 0 bridgehead atoms. The Labute approximate surface area is 188 Å². The highest BCUT2D eigenvalue weighted by atomic mass is 32.2. The second-order valence-corrected chi connectivity index (χ2v) is 10.3. The van der Waals surface area contributed by atoms with Crippen LogP contribution in [0.4, 0.5) is 4.39 Å². The minimum atomic E-state index is -3.71. The van der Waals surface area contributed by atoms with E-state index in [1.807, 2.05) is 20.8 Å². The molecule has 2 amide bonds. The smallest absolute Gasteiger partial charge is 0.251 e. The maximum absolute atomic E-state index is 13.5. The van der Waals surface area contributed by atoms with Crippen molar-refractivity contribution in [2.24, 2.45) is 0 Å². The van der Waals surface area contributed by atoms with E-state index < -0.39 is 21.7 Å². The predicted molar refractivity (Wildman–Crippen MR) is 121 cm³/mol. The lowest BCUT2D eigenvalue weighted by Gasteiger charge is -2.19. The molecule has 32 heavy (non-hydrogen) atoms. The van der Waals surface area contributed by atoms with Crippen LogP contribution in [0.1, 0.15) is 48.7 Å². The molecular formula is C23H30FN3O4S. The highest BCUT2D eigenvalue weighted by molar-refractivity contribution is 7.89. The fourth-order valence-corrected chi connectivity index (χ4v) is 3.85. The van der Waals surface area contributed by atoms with Gasteiger partial charge in [-0.25, -0.2) is 17.5 Å². The van der Waals surface area contributed by atoms with E-state index in [0.717, 1.165) is 11.6 Å². The summed E-state index contributed by atoms with van der Waals surface area (Å²) in [4.78, 5) is 24.0. The number of rotatable bonds is 9. The van der Waals surface area contributed by atoms with Gasteiger partial charge in [0.15, 0.2) is 0 Å². The zero-order valence-corrected chi connectivity index (χ0v) is 19.6. The lowest BCUT2D eigenvalue weighted by Crippen LogP contribution is -2.36. The first-order valence-corrected chi connectivity index (χ1v) is 11.8. The number of hydrogen-bond donors (Lipinski definition) is 3. The van der Waals surface area contributed by atoms with Crippen LogP contribution in [0.25, 0.3) is 0 Å². The van der Waals surface area contributed by atoms with Crippen LogP contribution in [0.5, 0.6) is 0 Å². The van der Waals surface area contributed by atoms with Gasteiger partial charge in [0.25, 0.3) is 5.91 Å². The normalized spacial score (nSPS) is 11.8. The molecule has 0 radical (unpaired) electrons. The molecule has 0 aliphatic rings. The second-order valence-electron chi connectivity index (χ2n) is 8.49. The molecule has 0 fully saturated rings. The Bertz CT molecular complexity index is 1060. The van der Waals surface area contributed by atoms with Gasteiger partial charge in [0.1, 0.15) is 5.82 Å². The molecule has 0 saturated heterocycles. The van der Waals surface area contributed by atoms with Crippen molar-refractivity contribution in [2.75, 3.05) is 19.6 Å². The molecule has 0 unspecified atom stereocenters. The molecule has 2 rings (SSSR count). The second kappa shape index (κ2) is 10.7. The number of carbonyl (C=O) groups is 2. The van der Waals surface area contributed by atoms with Crippen LogP contribution in [0.2, 0.25) is 0 Å². The van der Waals surface area contributed by atoms with E-state index in [0.29, 0.717) is 5.56 Å². The summed E-state index contributed by atoms with van der Waals surface area (Å²) in [6, 6.07) is 10.9. The van der Waals surface area contributed by atoms with E-state index in [-0.39, 0.29) is 47.8 Å². The molecule has 3 N–H and O–H groups in total. The van der Waals surface area contributed by atoms with Crippen LogP contribution in [-0.2, 0) is 20.2 Å². The minimum absolute atomic E-state index is 0.0452. The first-order valence-electron chi connectivity index (χ1n) is 10.3. The van der Waals surface area contributed by atoms with Gasteiger partial charge in [0.05, 0.1) is 4.90 Å². The van der Waals surface area contributed by atoms with Gasteiger partial charge < -0.3 is 10.6 Å². The van der Waals surface area contributed by atoms with E-state index >= 15 is 0 Å². The Morgan fingerprint density at radius 1 is 0.938 bits per heavy atom. The van der Waals surface area contributed by atoms with Crippen molar-refractivity contribution < 1.29 is 22.4 Å². The molecule has 0 saturated carbocycles. The summed E-state index contributed by atoms with van der Waals surface area (Å²) in [6.45, 7) is 8.01. The van der Waals surface area contributed by atoms with E-state index in [4.69, 9.17) is 0 Å². The van der Waals surface area contributed by atoms with Gasteiger partial charge in [-0.3, -0.25) is 9.59 Å². The third kappa shape index (κ3) is 7.42. The van der Waals surface area contributed by atoms with E-state index in [1.165, 1.54) is 12.1 Å². The summed E-state index contributed by atoms with van der Waals surface area (Å²) in [6.07, 6.45) is -0.0452. The SMILES string of the molecule is Cc1ccc(C(=O)NCCNC(=O)CCNS(=O)(=O)c2ccc(C(C)(C)C)cc2)cc1F. The first-order chi connectivity index (χ1) is 14.9. The molecule has 0 aromatic heterocycles. The van der Waals surface area contributed by atoms with Gasteiger partial charge in [-0.2, -0.15) is 0 Å². The summed E-state index contributed by atoms with van der Waals surface area (Å²) in [5, 5.41) is 5.18. The third-order valence-corrected chi connectivity index (χ3v) is 6.32. The molecule has 0 spiro atoms. The van der Waals surface area contributed by atoms with Crippen LogP contribution in [0.15, 0.2) is 47.4 Å². The molecular weight excluding hydrogens is 433 g/mol. The van der Waals surface area contributed by atoms with Crippen molar-refractivity contribution in [1.82, 2.24) is 15.4 Å². The van der Waals surface area contributed by atoms with Crippen LogP contribution < -0.4 is 15.4 Å². The summed E-state index contributed by atoms with van der Waals surface area (Å²) in [5.41, 5.74) is 1.59. The molecule has 2 aromatic rings. The number of amides is 2. The number of sulfonamides is 1. The van der Waals surface area contributed by atoms with E-state index in [2.05, 4.69) is 15.4 Å². The van der Waals surface area contributed by atoms with Gasteiger partial charge in [-0.05, 0) is 47.7 Å². The molecule has 0 aliphatic heterocycles. The Morgan fingerprint density at radius 3 is 2.16 bits per heavy atom. The summed E-state index contributed by atoms with van der Waals surface area (Å²) in [7, 11) is -3.71. The summed E-state index contributed by atoms with van der Waals surface area (Å²) in [5.74, 6) is -1.26. The zero-order chi connectivity index (χ0) is 23.9. The predicted octanol–water partition coefficient (Wildman–Crippen LogP) is 2.65. The Kier molecular flexibility index (Phi) is 8.51. The number of halogens is 1. The van der Waals surface area contributed by atoms with Gasteiger partial charge in [0, 0.05) is 31.6 Å². The number of benzene rings is 2. The van der Waals surface area contributed by atoms with Crippen molar-refractivity contribution in [3.8, 4) is 0 Å². The largest absolute Gasteiger partial charge is 0.354 e. The number of nitrogens with one attached hydrogen (secondary N) is 3. The average Bonchev–Trinajstić information content (AvgIpc) is 2.72. The molecule has 2 aromatic carbocycles. The minimum Gasteiger partial charge on any atom is -0.354 e. The quantitative estimate of drug-likeness (QED) is 0.497. The number of carbonyl (C=O) groups excluding carboxylic acids is 2. The molecule has 0 atom stereocenters. The maximum Gasteiger partial charge on any atom is 0.251 e. The van der Waals surface area contributed by atoms with Crippen LogP contribution in [-0.4, -0.2) is 39.9 Å². The molecule has 7 nitrogen and oxygen atoms in total. The zero-order valence-electron chi connectivity index (χ0n) is 18.8. The fourth-order valence-electron chi connectivity index (χ4n) is 2.82. The fraction of sp³-hybridized carbons (Fsp3) is 0.391. The van der Waals surface area contributed by atoms with Gasteiger partial charge in [-0.15, -0.1) is 0 Å². The highest BCUT2D eigenvalue weighted by Crippen LogP contribution is 2.23. The molecule has 0 aliphatic carbocycles. The standard InChI is InChI=1S/C23H30FN3O4S/c1-16-5-6-17(15-20(16)24)22(29)26-14-13-25-21(28)11-12-27-32(30,31)19-9-7-18(8-10-19)23(2,3)4/h5-10,15,27H,11-14H2,1-4H3,(H,25,28)(H,26,29). The maximum atomic E-state index is 13.5. The number of hydrogen-bond acceptors (Lipinski definition) is 4. The monoisotopic (exact) mass is 463 g/mol. The Hall–Kier alpha value is -2.78. The van der Waals surface area contributed by atoms with Crippen LogP contribution in [0.3, 0.4) is 0 Å². The topological polar surface area (TPSA) is 104 Å². The Morgan fingerprint density at radius 2 is 1.56 bits per heavy atom. The summed E-state index contributed by atoms with van der Waals surface area (Å²) >= 11 is 0. The number of aryl methyl sites for hydroxylation is 1. The van der Waals surface area contributed by atoms with Crippen LogP contribution >= 0.6 is 0 Å². The van der Waals surface area contributed by atoms with Gasteiger partial charge >= 0.3 is 0 Å². The molecule has 174 valence electrons. The third-order valence-electron chi connectivity index (χ3n) is 4.84. The van der Waals surface area contributed by atoms with Crippen molar-refractivity contribution in [3.05, 3.63) is 65.0 Å². The van der Waals surface area contributed by atoms with Crippen molar-refractivity contribution >= 4 is 21.8 Å². The van der Waals surface area contributed by atoms with Crippen molar-refractivity contribution in [2.45, 2.75) is 44.4 Å². The first kappa shape index (κ1) is 25.5. The molecule has 9 heteroatoms. The highest BCUT2D eigenvalue weighted by Gasteiger charge is 2.17. The lowest BCUT2D eigenvalue weighted by atomic mass is 9.87. The average molecular weight is 464 g/mol. The van der Waals surface area contributed by atoms with Crippen molar-refractivity contribution in [1.29, 1.82) is 0 Å². The Balaban J connectivity index is 1.71. The van der Waals surface area contributed by atoms with Gasteiger partial charge in [-0.1, -0.05) is 39.0 Å². The molecule has 0 heterocycles. The lowest BCUT2D eigenvalue weighted by molar-refractivity contribution is -0.120. The summed E-state index contributed by atoms with van der Waals surface area (Å²) < 4.78 is 40.7.